The van der Waals surface area contributed by atoms with E-state index >= 15 is 0 Å². The van der Waals surface area contributed by atoms with Crippen LogP contribution in [0.1, 0.15) is 23.9 Å². The Balaban J connectivity index is 1.58. The molecule has 0 saturated heterocycles. The van der Waals surface area contributed by atoms with E-state index in [1.165, 1.54) is 0 Å². The van der Waals surface area contributed by atoms with E-state index in [4.69, 9.17) is 39.2 Å². The summed E-state index contributed by atoms with van der Waals surface area (Å²) in [4.78, 5) is 12.2. The molecule has 0 spiro atoms. The molecule has 1 N–H and O–H groups in total. The third-order valence-corrected chi connectivity index (χ3v) is 4.83. The van der Waals surface area contributed by atoms with Gasteiger partial charge >= 0.3 is 0 Å². The van der Waals surface area contributed by atoms with Gasteiger partial charge in [-0.05, 0) is 42.0 Å². The predicted molar refractivity (Wildman–Crippen MR) is 106 cm³/mol. The number of aryl methyl sites for hydroxylation is 1. The fraction of sp³-hybridized carbons (Fsp3) is 0.158. The number of nitrogens with one attached hydrogen (secondary N) is 1. The molecule has 0 saturated carbocycles. The van der Waals surface area contributed by atoms with Crippen molar-refractivity contribution in [2.24, 2.45) is 0 Å². The lowest BCUT2D eigenvalue weighted by Gasteiger charge is -2.12. The molecule has 142 valence electrons. The molecule has 6 nitrogen and oxygen atoms in total. The van der Waals surface area contributed by atoms with Gasteiger partial charge in [0.05, 0.1) is 16.1 Å². The summed E-state index contributed by atoms with van der Waals surface area (Å²) in [6.07, 6.45) is 0.327. The molecule has 0 bridgehead atoms. The van der Waals surface area contributed by atoms with Crippen molar-refractivity contribution in [1.29, 1.82) is 5.26 Å². The van der Waals surface area contributed by atoms with Gasteiger partial charge in [0.15, 0.2) is 0 Å². The third kappa shape index (κ3) is 5.02. The van der Waals surface area contributed by atoms with Crippen LogP contribution in [0.2, 0.25) is 15.1 Å². The van der Waals surface area contributed by atoms with Crippen LogP contribution in [0.4, 0.5) is 0 Å². The van der Waals surface area contributed by atoms with Gasteiger partial charge in [0.25, 0.3) is 0 Å². The average molecular weight is 436 g/mol. The Hall–Kier alpha value is -2.59. The minimum absolute atomic E-state index is 0.0851. The van der Waals surface area contributed by atoms with E-state index < -0.39 is 6.04 Å². The lowest BCUT2D eigenvalue weighted by atomic mass is 10.1. The Bertz CT molecular complexity index is 1030. The molecular formula is C19H13Cl3N4O2. The molecule has 1 heterocycles. The second-order valence-corrected chi connectivity index (χ2v) is 7.06. The van der Waals surface area contributed by atoms with Gasteiger partial charge in [-0.3, -0.25) is 4.79 Å². The molecule has 9 heteroatoms. The molecular weight excluding hydrogens is 423 g/mol. The van der Waals surface area contributed by atoms with Gasteiger partial charge < -0.3 is 9.73 Å². The zero-order valence-corrected chi connectivity index (χ0v) is 16.6. The van der Waals surface area contributed by atoms with Crippen molar-refractivity contribution in [2.45, 2.75) is 18.9 Å². The first-order valence-electron chi connectivity index (χ1n) is 8.18. The van der Waals surface area contributed by atoms with Gasteiger partial charge in [-0.1, -0.05) is 40.9 Å². The van der Waals surface area contributed by atoms with Crippen LogP contribution in [-0.4, -0.2) is 16.1 Å². The Morgan fingerprint density at radius 3 is 2.54 bits per heavy atom. The Kier molecular flexibility index (Phi) is 6.53. The van der Waals surface area contributed by atoms with Crippen molar-refractivity contribution in [1.82, 2.24) is 15.5 Å². The van der Waals surface area contributed by atoms with Crippen LogP contribution in [-0.2, 0) is 11.2 Å². The quantitative estimate of drug-likeness (QED) is 0.587. The van der Waals surface area contributed by atoms with Crippen molar-refractivity contribution < 1.29 is 9.21 Å². The molecule has 1 aromatic heterocycles. The van der Waals surface area contributed by atoms with Gasteiger partial charge in [0, 0.05) is 23.4 Å². The van der Waals surface area contributed by atoms with Gasteiger partial charge in [0.2, 0.25) is 17.7 Å². The number of carbonyl (C=O) groups excluding carboxylic acids is 1. The molecule has 0 aliphatic carbocycles. The second-order valence-electron chi connectivity index (χ2n) is 5.81. The minimum atomic E-state index is -0.838. The normalized spacial score (nSPS) is 11.6. The largest absolute Gasteiger partial charge is 0.421 e. The van der Waals surface area contributed by atoms with E-state index in [0.717, 1.165) is 5.56 Å². The molecule has 0 fully saturated rings. The number of hydrogen-bond acceptors (Lipinski definition) is 5. The maximum absolute atomic E-state index is 12.2. The monoisotopic (exact) mass is 434 g/mol. The number of nitriles is 1. The average Bonchev–Trinajstić information content (AvgIpc) is 3.16. The van der Waals surface area contributed by atoms with Crippen LogP contribution in [0, 0.1) is 11.3 Å². The zero-order chi connectivity index (χ0) is 20.1. The zero-order valence-electron chi connectivity index (χ0n) is 14.3. The number of halogens is 3. The Morgan fingerprint density at radius 2 is 1.86 bits per heavy atom. The van der Waals surface area contributed by atoms with E-state index in [1.807, 2.05) is 6.07 Å². The SMILES string of the molecule is N#CC(NC(=O)CCc1nnc(-c2ccc(Cl)cc2)o1)c1ccc(Cl)c(Cl)c1. The van der Waals surface area contributed by atoms with Gasteiger partial charge in [-0.15, -0.1) is 10.2 Å². The molecule has 0 aliphatic rings. The first-order valence-corrected chi connectivity index (χ1v) is 9.32. The predicted octanol–water partition coefficient (Wildman–Crippen LogP) is 5.01. The molecule has 3 rings (SSSR count). The van der Waals surface area contributed by atoms with E-state index in [0.29, 0.717) is 32.4 Å². The van der Waals surface area contributed by atoms with Crippen LogP contribution in [0.3, 0.4) is 0 Å². The smallest absolute Gasteiger partial charge is 0.247 e. The number of amides is 1. The molecule has 1 unspecified atom stereocenters. The van der Waals surface area contributed by atoms with Gasteiger partial charge in [-0.25, -0.2) is 0 Å². The summed E-state index contributed by atoms with van der Waals surface area (Å²) in [7, 11) is 0. The van der Waals surface area contributed by atoms with Gasteiger partial charge in [0.1, 0.15) is 6.04 Å². The first kappa shape index (κ1) is 20.2. The number of hydrogen-bond donors (Lipinski definition) is 1. The lowest BCUT2D eigenvalue weighted by Crippen LogP contribution is -2.27. The topological polar surface area (TPSA) is 91.8 Å². The van der Waals surface area contributed by atoms with Crippen molar-refractivity contribution in [3.8, 4) is 17.5 Å². The van der Waals surface area contributed by atoms with Crippen LogP contribution in [0.5, 0.6) is 0 Å². The highest BCUT2D eigenvalue weighted by atomic mass is 35.5. The van der Waals surface area contributed by atoms with E-state index in [-0.39, 0.29) is 18.7 Å². The summed E-state index contributed by atoms with van der Waals surface area (Å²) >= 11 is 17.7. The third-order valence-electron chi connectivity index (χ3n) is 3.84. The summed E-state index contributed by atoms with van der Waals surface area (Å²) in [5.41, 5.74) is 1.28. The summed E-state index contributed by atoms with van der Waals surface area (Å²) < 4.78 is 5.56. The van der Waals surface area contributed by atoms with Crippen molar-refractivity contribution in [3.05, 3.63) is 69.0 Å². The first-order chi connectivity index (χ1) is 13.5. The summed E-state index contributed by atoms with van der Waals surface area (Å²) in [6, 6.07) is 12.9. The summed E-state index contributed by atoms with van der Waals surface area (Å²) in [5, 5.41) is 21.2. The number of aromatic nitrogens is 2. The molecule has 1 amide bonds. The minimum Gasteiger partial charge on any atom is -0.421 e. The number of nitrogens with zero attached hydrogens (tertiary/aromatic N) is 3. The number of rotatable bonds is 6. The summed E-state index contributed by atoms with van der Waals surface area (Å²) in [6.45, 7) is 0. The number of carbonyl (C=O) groups is 1. The molecule has 0 aliphatic heterocycles. The maximum Gasteiger partial charge on any atom is 0.247 e. The van der Waals surface area contributed by atoms with Crippen LogP contribution < -0.4 is 5.32 Å². The standard InChI is InChI=1S/C19H13Cl3N4O2/c20-13-4-1-11(2-5-13)19-26-25-18(28-19)8-7-17(27)24-16(10-23)12-3-6-14(21)15(22)9-12/h1-6,9,16H,7-8H2,(H,24,27). The number of benzene rings is 2. The van der Waals surface area contributed by atoms with Crippen molar-refractivity contribution in [3.63, 3.8) is 0 Å². The lowest BCUT2D eigenvalue weighted by molar-refractivity contribution is -0.121. The summed E-state index contributed by atoms with van der Waals surface area (Å²) in [5.74, 6) is 0.338. The Morgan fingerprint density at radius 1 is 1.11 bits per heavy atom. The van der Waals surface area contributed by atoms with Gasteiger partial charge in [-0.2, -0.15) is 5.26 Å². The molecule has 28 heavy (non-hydrogen) atoms. The van der Waals surface area contributed by atoms with Crippen molar-refractivity contribution in [2.75, 3.05) is 0 Å². The van der Waals surface area contributed by atoms with Crippen LogP contribution >= 0.6 is 34.8 Å². The molecule has 1 atom stereocenters. The highest BCUT2D eigenvalue weighted by Gasteiger charge is 2.16. The van der Waals surface area contributed by atoms with E-state index in [2.05, 4.69) is 15.5 Å². The van der Waals surface area contributed by atoms with Crippen molar-refractivity contribution >= 4 is 40.7 Å². The Labute approximate surface area is 176 Å². The van der Waals surface area contributed by atoms with Crippen LogP contribution in [0.15, 0.2) is 46.9 Å². The van der Waals surface area contributed by atoms with Crippen LogP contribution in [0.25, 0.3) is 11.5 Å². The fourth-order valence-electron chi connectivity index (χ4n) is 2.40. The fourth-order valence-corrected chi connectivity index (χ4v) is 2.83. The maximum atomic E-state index is 12.2. The molecule has 0 radical (unpaired) electrons. The molecule has 2 aromatic carbocycles. The highest BCUT2D eigenvalue weighted by molar-refractivity contribution is 6.42. The molecule has 3 aromatic rings. The highest BCUT2D eigenvalue weighted by Crippen LogP contribution is 2.25. The van der Waals surface area contributed by atoms with E-state index in [9.17, 15) is 10.1 Å². The van der Waals surface area contributed by atoms with E-state index in [1.54, 1.807) is 42.5 Å². The second kappa shape index (κ2) is 9.07.